The highest BCUT2D eigenvalue weighted by atomic mass is 16.1. The molecule has 0 aromatic heterocycles. The second-order valence-electron chi connectivity index (χ2n) is 6.04. The maximum absolute atomic E-state index is 12.3. The summed E-state index contributed by atoms with van der Waals surface area (Å²) in [6.07, 6.45) is 4.04. The summed E-state index contributed by atoms with van der Waals surface area (Å²) in [6, 6.07) is 14.3. The highest BCUT2D eigenvalue weighted by Crippen LogP contribution is 2.43. The Kier molecular flexibility index (Phi) is 2.11. The molecular weight excluding hydrogens is 272 g/mol. The number of hydrogen-bond donors (Lipinski definition) is 0. The van der Waals surface area contributed by atoms with Gasteiger partial charge in [-0.1, -0.05) is 48.6 Å². The van der Waals surface area contributed by atoms with E-state index in [1.807, 2.05) is 30.3 Å². The van der Waals surface area contributed by atoms with Crippen LogP contribution in [-0.4, -0.2) is 11.6 Å². The van der Waals surface area contributed by atoms with E-state index in [0.717, 1.165) is 27.5 Å². The van der Waals surface area contributed by atoms with Crippen molar-refractivity contribution in [1.82, 2.24) is 0 Å². The number of benzene rings is 3. The Balaban J connectivity index is 2.05. The Morgan fingerprint density at radius 3 is 2.73 bits per heavy atom. The van der Waals surface area contributed by atoms with E-state index in [2.05, 4.69) is 24.3 Å². The van der Waals surface area contributed by atoms with Crippen molar-refractivity contribution in [3.63, 3.8) is 0 Å². The summed E-state index contributed by atoms with van der Waals surface area (Å²) in [5.41, 5.74) is 2.77. The van der Waals surface area contributed by atoms with Gasteiger partial charge in [0.1, 0.15) is 0 Å². The number of carbonyl (C=O) groups is 2. The first-order valence-electron chi connectivity index (χ1n) is 7.46. The van der Waals surface area contributed by atoms with E-state index in [4.69, 9.17) is 0 Å². The Morgan fingerprint density at radius 2 is 1.82 bits per heavy atom. The van der Waals surface area contributed by atoms with Crippen LogP contribution in [0.5, 0.6) is 0 Å². The van der Waals surface area contributed by atoms with Gasteiger partial charge in [0.2, 0.25) is 0 Å². The lowest BCUT2D eigenvalue weighted by atomic mass is 9.74. The molecule has 0 radical (unpaired) electrons. The van der Waals surface area contributed by atoms with E-state index in [-0.39, 0.29) is 23.9 Å². The predicted octanol–water partition coefficient (Wildman–Crippen LogP) is 4.26. The number of Topliss-reactive ketones (excluding diaryl/α,β-unsaturated/α-hetero) is 2. The van der Waals surface area contributed by atoms with Crippen LogP contribution >= 0.6 is 0 Å². The van der Waals surface area contributed by atoms with Crippen LogP contribution in [0.25, 0.3) is 27.6 Å². The van der Waals surface area contributed by atoms with Crippen molar-refractivity contribution in [2.45, 2.75) is 12.3 Å². The summed E-state index contributed by atoms with van der Waals surface area (Å²) in [5.74, 6) is -0.294. The Hall–Kier alpha value is -2.74. The van der Waals surface area contributed by atoms with Gasteiger partial charge in [0.25, 0.3) is 0 Å². The summed E-state index contributed by atoms with van der Waals surface area (Å²) in [6.45, 7) is 0. The smallest absolute Gasteiger partial charge is 0.170 e. The van der Waals surface area contributed by atoms with Crippen LogP contribution in [0.15, 0.2) is 48.5 Å². The average Bonchev–Trinajstić information content (AvgIpc) is 2.54. The molecule has 104 valence electrons. The van der Waals surface area contributed by atoms with Crippen molar-refractivity contribution < 1.29 is 9.59 Å². The molecule has 3 aromatic carbocycles. The lowest BCUT2D eigenvalue weighted by Gasteiger charge is -2.27. The number of carbonyl (C=O) groups excluding carboxylic acids is 2. The molecular formula is C20H12O2. The Labute approximate surface area is 127 Å². The van der Waals surface area contributed by atoms with E-state index in [1.165, 1.54) is 10.8 Å². The van der Waals surface area contributed by atoms with Crippen LogP contribution in [0.4, 0.5) is 0 Å². The molecule has 0 fully saturated rings. The minimum atomic E-state index is -0.259. The summed E-state index contributed by atoms with van der Waals surface area (Å²) in [7, 11) is 0. The van der Waals surface area contributed by atoms with Crippen LogP contribution < -0.4 is 0 Å². The highest BCUT2D eigenvalue weighted by Gasteiger charge is 2.34. The van der Waals surface area contributed by atoms with Crippen LogP contribution in [0.2, 0.25) is 0 Å². The fraction of sp³-hybridized carbons (Fsp3) is 0.100. The zero-order chi connectivity index (χ0) is 14.8. The average molecular weight is 284 g/mol. The molecule has 2 heteroatoms. The second-order valence-corrected chi connectivity index (χ2v) is 6.04. The van der Waals surface area contributed by atoms with E-state index in [9.17, 15) is 9.59 Å². The van der Waals surface area contributed by atoms with Gasteiger partial charge in [-0.25, -0.2) is 0 Å². The summed E-state index contributed by atoms with van der Waals surface area (Å²) in [4.78, 5) is 24.5. The minimum absolute atomic E-state index is 0.0139. The molecule has 1 unspecified atom stereocenters. The first kappa shape index (κ1) is 11.9. The number of rotatable bonds is 0. The third-order valence-electron chi connectivity index (χ3n) is 4.86. The van der Waals surface area contributed by atoms with Gasteiger partial charge >= 0.3 is 0 Å². The van der Waals surface area contributed by atoms with Gasteiger partial charge in [0.05, 0.1) is 12.3 Å². The van der Waals surface area contributed by atoms with E-state index < -0.39 is 0 Å². The van der Waals surface area contributed by atoms with Crippen molar-refractivity contribution in [2.24, 2.45) is 0 Å². The first-order chi connectivity index (χ1) is 10.7. The molecule has 0 bridgehead atoms. The molecule has 0 N–H and O–H groups in total. The van der Waals surface area contributed by atoms with Gasteiger partial charge in [-0.2, -0.15) is 0 Å². The SMILES string of the molecule is O=C1CC(=O)C2C=Cc3c4ccccc4cc4ccc1c2c34. The third-order valence-corrected chi connectivity index (χ3v) is 4.86. The number of fused-ring (bicyclic) bond motifs is 2. The maximum Gasteiger partial charge on any atom is 0.170 e. The summed E-state index contributed by atoms with van der Waals surface area (Å²) in [5, 5.41) is 4.53. The molecule has 3 aromatic rings. The predicted molar refractivity (Wildman–Crippen MR) is 87.2 cm³/mol. The van der Waals surface area contributed by atoms with Crippen molar-refractivity contribution in [2.75, 3.05) is 0 Å². The quantitative estimate of drug-likeness (QED) is 0.456. The fourth-order valence-corrected chi connectivity index (χ4v) is 3.89. The van der Waals surface area contributed by atoms with Crippen LogP contribution in [0.1, 0.15) is 33.8 Å². The zero-order valence-electron chi connectivity index (χ0n) is 11.8. The minimum Gasteiger partial charge on any atom is -0.298 e. The van der Waals surface area contributed by atoms with Gasteiger partial charge in [0.15, 0.2) is 11.6 Å². The van der Waals surface area contributed by atoms with Crippen LogP contribution in [-0.2, 0) is 4.79 Å². The van der Waals surface area contributed by atoms with Crippen molar-refractivity contribution >= 4 is 39.2 Å². The molecule has 22 heavy (non-hydrogen) atoms. The molecule has 2 aliphatic rings. The number of ketones is 2. The standard InChI is InChI=1S/C20H12O2/c21-17-10-18(22)16-8-7-14-13-4-2-1-3-11(13)9-12-5-6-15(17)20(16)19(12)14/h1-9,16H,10H2. The summed E-state index contributed by atoms with van der Waals surface area (Å²) >= 11 is 0. The molecule has 5 rings (SSSR count). The van der Waals surface area contributed by atoms with Crippen molar-refractivity contribution in [3.8, 4) is 0 Å². The van der Waals surface area contributed by atoms with Crippen LogP contribution in [0, 0.1) is 0 Å². The lowest BCUT2D eigenvalue weighted by Crippen LogP contribution is -2.25. The largest absolute Gasteiger partial charge is 0.298 e. The highest BCUT2D eigenvalue weighted by molar-refractivity contribution is 6.21. The molecule has 2 nitrogen and oxygen atoms in total. The van der Waals surface area contributed by atoms with Crippen molar-refractivity contribution in [1.29, 1.82) is 0 Å². The molecule has 0 spiro atoms. The fourth-order valence-electron chi connectivity index (χ4n) is 3.89. The Morgan fingerprint density at radius 1 is 0.955 bits per heavy atom. The molecule has 0 aliphatic heterocycles. The topological polar surface area (TPSA) is 34.1 Å². The van der Waals surface area contributed by atoms with Crippen molar-refractivity contribution in [3.05, 3.63) is 65.2 Å². The zero-order valence-corrected chi connectivity index (χ0v) is 11.8. The molecule has 0 amide bonds. The number of allylic oxidation sites excluding steroid dienone is 1. The van der Waals surface area contributed by atoms with E-state index in [1.54, 1.807) is 0 Å². The van der Waals surface area contributed by atoms with Gasteiger partial charge in [-0.15, -0.1) is 0 Å². The van der Waals surface area contributed by atoms with Crippen LogP contribution in [0.3, 0.4) is 0 Å². The maximum atomic E-state index is 12.3. The lowest BCUT2D eigenvalue weighted by molar-refractivity contribution is -0.118. The third kappa shape index (κ3) is 1.34. The molecule has 0 heterocycles. The van der Waals surface area contributed by atoms with E-state index >= 15 is 0 Å². The van der Waals surface area contributed by atoms with Gasteiger partial charge in [0, 0.05) is 5.56 Å². The normalized spacial score (nSPS) is 19.2. The monoisotopic (exact) mass is 284 g/mol. The van der Waals surface area contributed by atoms with Gasteiger partial charge < -0.3 is 0 Å². The molecule has 0 saturated carbocycles. The first-order valence-corrected chi connectivity index (χ1v) is 7.46. The Bertz CT molecular complexity index is 1040. The second kappa shape index (κ2) is 3.92. The van der Waals surface area contributed by atoms with Gasteiger partial charge in [-0.3, -0.25) is 9.59 Å². The summed E-state index contributed by atoms with van der Waals surface area (Å²) < 4.78 is 0. The molecule has 0 saturated heterocycles. The molecule has 1 atom stereocenters. The number of hydrogen-bond acceptors (Lipinski definition) is 2. The van der Waals surface area contributed by atoms with Gasteiger partial charge in [-0.05, 0) is 38.7 Å². The molecule has 2 aliphatic carbocycles. The van der Waals surface area contributed by atoms with E-state index in [0.29, 0.717) is 0 Å².